The number of hydrogen-bond acceptors (Lipinski definition) is 2. The maximum absolute atomic E-state index is 9.28. The van der Waals surface area contributed by atoms with Crippen molar-refractivity contribution < 1.29 is 5.11 Å². The Kier molecular flexibility index (Phi) is 3.32. The topological polar surface area (TPSA) is 43.0 Å². The third-order valence-corrected chi connectivity index (χ3v) is 3.66. The quantitative estimate of drug-likeness (QED) is 0.791. The fourth-order valence-corrected chi connectivity index (χ4v) is 2.56. The van der Waals surface area contributed by atoms with Crippen LogP contribution >= 0.6 is 0 Å². The Balaban J connectivity index is 2.00. The molecule has 1 N–H and O–H groups in total. The molecule has 0 aliphatic heterocycles. The minimum Gasteiger partial charge on any atom is -0.392 e. The molecule has 0 spiro atoms. The number of benzene rings is 1. The molecule has 0 unspecified atom stereocenters. The van der Waals surface area contributed by atoms with Gasteiger partial charge in [-0.25, -0.2) is 4.98 Å². The molecule has 4 nitrogen and oxygen atoms in total. The van der Waals surface area contributed by atoms with Gasteiger partial charge in [0.25, 0.3) is 0 Å². The van der Waals surface area contributed by atoms with Gasteiger partial charge in [-0.05, 0) is 36.9 Å². The molecular weight excluding hydrogens is 250 g/mol. The van der Waals surface area contributed by atoms with Crippen LogP contribution in [0.4, 0.5) is 0 Å². The van der Waals surface area contributed by atoms with E-state index in [1.807, 2.05) is 24.7 Å². The number of nitrogens with zero attached hydrogens (tertiary/aromatic N) is 3. The van der Waals surface area contributed by atoms with Crippen molar-refractivity contribution in [3.05, 3.63) is 54.2 Å². The van der Waals surface area contributed by atoms with Gasteiger partial charge in [-0.3, -0.25) is 0 Å². The number of imidazole rings is 1. The molecule has 0 radical (unpaired) electrons. The first-order valence-electron chi connectivity index (χ1n) is 6.88. The molecule has 0 saturated heterocycles. The molecule has 104 valence electrons. The van der Waals surface area contributed by atoms with Gasteiger partial charge in [0.05, 0.1) is 25.2 Å². The molecule has 3 aromatic rings. The van der Waals surface area contributed by atoms with Crippen LogP contribution in [0.3, 0.4) is 0 Å². The molecule has 0 aliphatic carbocycles. The van der Waals surface area contributed by atoms with Crippen LogP contribution in [0, 0.1) is 0 Å². The number of rotatable bonds is 4. The first-order chi connectivity index (χ1) is 9.69. The van der Waals surface area contributed by atoms with Gasteiger partial charge in [-0.1, -0.05) is 12.1 Å². The van der Waals surface area contributed by atoms with Crippen molar-refractivity contribution in [2.45, 2.75) is 33.0 Å². The van der Waals surface area contributed by atoms with E-state index in [0.717, 1.165) is 17.6 Å². The van der Waals surface area contributed by atoms with Gasteiger partial charge in [-0.15, -0.1) is 0 Å². The van der Waals surface area contributed by atoms with E-state index in [1.54, 1.807) is 0 Å². The normalized spacial score (nSPS) is 11.6. The van der Waals surface area contributed by atoms with Crippen molar-refractivity contribution in [1.82, 2.24) is 14.1 Å². The smallest absolute Gasteiger partial charge is 0.0951 e. The molecule has 0 aliphatic rings. The maximum atomic E-state index is 9.28. The van der Waals surface area contributed by atoms with E-state index in [4.69, 9.17) is 0 Å². The van der Waals surface area contributed by atoms with E-state index in [-0.39, 0.29) is 6.61 Å². The molecule has 20 heavy (non-hydrogen) atoms. The van der Waals surface area contributed by atoms with E-state index in [9.17, 15) is 5.11 Å². The van der Waals surface area contributed by atoms with E-state index in [0.29, 0.717) is 6.04 Å². The average Bonchev–Trinajstić information content (AvgIpc) is 3.06. The third-order valence-electron chi connectivity index (χ3n) is 3.66. The number of aliphatic hydroxyl groups is 1. The largest absolute Gasteiger partial charge is 0.392 e. The van der Waals surface area contributed by atoms with Crippen molar-refractivity contribution in [2.24, 2.45) is 0 Å². The van der Waals surface area contributed by atoms with Crippen LogP contribution in [0.2, 0.25) is 0 Å². The minimum absolute atomic E-state index is 0.0745. The Bertz CT molecular complexity index is 724. The molecule has 2 aromatic heterocycles. The number of hydrogen-bond donors (Lipinski definition) is 1. The van der Waals surface area contributed by atoms with Crippen LogP contribution in [0.15, 0.2) is 43.0 Å². The molecule has 1 aromatic carbocycles. The van der Waals surface area contributed by atoms with Crippen LogP contribution in [-0.4, -0.2) is 19.2 Å². The summed E-state index contributed by atoms with van der Waals surface area (Å²) in [4.78, 5) is 4.25. The molecule has 4 heteroatoms. The highest BCUT2D eigenvalue weighted by Gasteiger charge is 2.08. The summed E-state index contributed by atoms with van der Waals surface area (Å²) in [7, 11) is 0. The van der Waals surface area contributed by atoms with Crippen LogP contribution < -0.4 is 0 Å². The standard InChI is InChI=1S/C16H19N3O/c1-12(2)19-11-17-8-15(19)9-18-6-5-14-4-3-13(10-20)7-16(14)18/h3-8,11-12,20H,9-10H2,1-2H3. The fourth-order valence-electron chi connectivity index (χ4n) is 2.56. The predicted molar refractivity (Wildman–Crippen MR) is 79.6 cm³/mol. The Morgan fingerprint density at radius 3 is 2.85 bits per heavy atom. The fraction of sp³-hybridized carbons (Fsp3) is 0.312. The zero-order valence-corrected chi connectivity index (χ0v) is 11.8. The molecule has 0 saturated carbocycles. The van der Waals surface area contributed by atoms with Crippen LogP contribution in [0.5, 0.6) is 0 Å². The summed E-state index contributed by atoms with van der Waals surface area (Å²) in [6, 6.07) is 8.57. The molecular formula is C16H19N3O. The Labute approximate surface area is 118 Å². The van der Waals surface area contributed by atoms with E-state index < -0.39 is 0 Å². The van der Waals surface area contributed by atoms with Gasteiger partial charge in [0.15, 0.2) is 0 Å². The van der Waals surface area contributed by atoms with Crippen molar-refractivity contribution in [3.63, 3.8) is 0 Å². The molecule has 3 rings (SSSR count). The van der Waals surface area contributed by atoms with E-state index in [1.165, 1.54) is 11.1 Å². The first kappa shape index (κ1) is 12.9. The second-order valence-electron chi connectivity index (χ2n) is 5.38. The molecule has 0 amide bonds. The highest BCUT2D eigenvalue weighted by Crippen LogP contribution is 2.20. The second kappa shape index (κ2) is 5.13. The zero-order chi connectivity index (χ0) is 14.1. The minimum atomic E-state index is 0.0745. The lowest BCUT2D eigenvalue weighted by atomic mass is 10.2. The molecule has 0 atom stereocenters. The SMILES string of the molecule is CC(C)n1cncc1Cn1ccc2ccc(CO)cc21. The summed E-state index contributed by atoms with van der Waals surface area (Å²) in [5, 5.41) is 10.5. The van der Waals surface area contributed by atoms with Crippen molar-refractivity contribution in [2.75, 3.05) is 0 Å². The second-order valence-corrected chi connectivity index (χ2v) is 5.38. The van der Waals surface area contributed by atoms with E-state index in [2.05, 4.69) is 46.3 Å². The van der Waals surface area contributed by atoms with Gasteiger partial charge < -0.3 is 14.2 Å². The average molecular weight is 269 g/mol. The lowest BCUT2D eigenvalue weighted by molar-refractivity contribution is 0.282. The summed E-state index contributed by atoms with van der Waals surface area (Å²) < 4.78 is 4.38. The monoisotopic (exact) mass is 269 g/mol. The summed E-state index contributed by atoms with van der Waals surface area (Å²) >= 11 is 0. The highest BCUT2D eigenvalue weighted by atomic mass is 16.3. The Morgan fingerprint density at radius 1 is 1.25 bits per heavy atom. The third kappa shape index (κ3) is 2.23. The van der Waals surface area contributed by atoms with Crippen molar-refractivity contribution in [1.29, 1.82) is 0 Å². The summed E-state index contributed by atoms with van der Waals surface area (Å²) in [6.45, 7) is 5.17. The number of aliphatic hydroxyl groups excluding tert-OH is 1. The predicted octanol–water partition coefficient (Wildman–Crippen LogP) is 2.96. The Morgan fingerprint density at radius 2 is 2.10 bits per heavy atom. The van der Waals surface area contributed by atoms with Gasteiger partial charge in [0.2, 0.25) is 0 Å². The van der Waals surface area contributed by atoms with Crippen molar-refractivity contribution in [3.8, 4) is 0 Å². The maximum Gasteiger partial charge on any atom is 0.0951 e. The lowest BCUT2D eigenvalue weighted by Gasteiger charge is -2.13. The summed E-state index contributed by atoms with van der Waals surface area (Å²) in [5.74, 6) is 0. The molecule has 0 bridgehead atoms. The van der Waals surface area contributed by atoms with Gasteiger partial charge in [0, 0.05) is 24.0 Å². The number of fused-ring (bicyclic) bond motifs is 1. The summed E-state index contributed by atoms with van der Waals surface area (Å²) in [5.41, 5.74) is 3.27. The lowest BCUT2D eigenvalue weighted by Crippen LogP contribution is -2.08. The van der Waals surface area contributed by atoms with Gasteiger partial charge in [0.1, 0.15) is 0 Å². The van der Waals surface area contributed by atoms with Crippen LogP contribution in [0.1, 0.15) is 31.1 Å². The molecule has 2 heterocycles. The van der Waals surface area contributed by atoms with Gasteiger partial charge >= 0.3 is 0 Å². The highest BCUT2D eigenvalue weighted by molar-refractivity contribution is 5.80. The Hall–Kier alpha value is -2.07. The molecule has 0 fully saturated rings. The zero-order valence-electron chi connectivity index (χ0n) is 11.8. The van der Waals surface area contributed by atoms with Crippen molar-refractivity contribution >= 4 is 10.9 Å². The van der Waals surface area contributed by atoms with Crippen LogP contribution in [-0.2, 0) is 13.2 Å². The van der Waals surface area contributed by atoms with E-state index >= 15 is 0 Å². The number of aromatic nitrogens is 3. The van der Waals surface area contributed by atoms with Crippen LogP contribution in [0.25, 0.3) is 10.9 Å². The summed E-state index contributed by atoms with van der Waals surface area (Å²) in [6.07, 6.45) is 5.88. The first-order valence-corrected chi connectivity index (χ1v) is 6.88. The van der Waals surface area contributed by atoms with Gasteiger partial charge in [-0.2, -0.15) is 0 Å².